The normalized spacial score (nSPS) is 10.4. The zero-order valence-electron chi connectivity index (χ0n) is 14.1. The third kappa shape index (κ3) is 4.17. The molecule has 1 aromatic heterocycles. The van der Waals surface area contributed by atoms with Crippen LogP contribution in [0.4, 0.5) is 24.5 Å². The summed E-state index contributed by atoms with van der Waals surface area (Å²) < 4.78 is 45.4. The lowest BCUT2D eigenvalue weighted by Gasteiger charge is -2.09. The maximum atomic E-state index is 13.7. The quantitative estimate of drug-likeness (QED) is 0.643. The van der Waals surface area contributed by atoms with E-state index in [4.69, 9.17) is 4.74 Å². The van der Waals surface area contributed by atoms with E-state index in [0.717, 1.165) is 11.8 Å². The Kier molecular flexibility index (Phi) is 5.25. The Morgan fingerprint density at radius 1 is 0.926 bits per heavy atom. The Labute approximate surface area is 152 Å². The maximum absolute atomic E-state index is 13.7. The molecule has 1 amide bonds. The first-order valence-corrected chi connectivity index (χ1v) is 7.84. The Morgan fingerprint density at radius 3 is 2.26 bits per heavy atom. The van der Waals surface area contributed by atoms with E-state index >= 15 is 0 Å². The van der Waals surface area contributed by atoms with E-state index in [2.05, 4.69) is 15.6 Å². The Balaban J connectivity index is 1.68. The number of hydrogen-bond donors (Lipinski definition) is 2. The fraction of sp³-hybridized carbons (Fsp3) is 0.0526. The monoisotopic (exact) mass is 373 g/mol. The third-order valence-electron chi connectivity index (χ3n) is 3.64. The minimum Gasteiger partial charge on any atom is -0.439 e. The zero-order chi connectivity index (χ0) is 19.4. The van der Waals surface area contributed by atoms with Gasteiger partial charge in [0.05, 0.1) is 17.4 Å². The van der Waals surface area contributed by atoms with Gasteiger partial charge in [-0.05, 0) is 42.5 Å². The molecule has 0 atom stereocenters. The van der Waals surface area contributed by atoms with Crippen LogP contribution in [0, 0.1) is 17.5 Å². The first-order valence-electron chi connectivity index (χ1n) is 7.84. The predicted molar refractivity (Wildman–Crippen MR) is 94.6 cm³/mol. The summed E-state index contributed by atoms with van der Waals surface area (Å²) in [6.45, 7) is 0. The van der Waals surface area contributed by atoms with Crippen LogP contribution in [-0.2, 0) is 0 Å². The van der Waals surface area contributed by atoms with E-state index in [0.29, 0.717) is 11.8 Å². The average molecular weight is 373 g/mol. The number of rotatable bonds is 5. The second kappa shape index (κ2) is 7.77. The maximum Gasteiger partial charge on any atom is 0.258 e. The van der Waals surface area contributed by atoms with Crippen molar-refractivity contribution in [2.75, 3.05) is 17.7 Å². The van der Waals surface area contributed by atoms with Crippen molar-refractivity contribution in [3.8, 4) is 11.6 Å². The van der Waals surface area contributed by atoms with Crippen molar-refractivity contribution in [2.45, 2.75) is 0 Å². The van der Waals surface area contributed by atoms with Crippen LogP contribution in [0.25, 0.3) is 0 Å². The molecule has 8 heteroatoms. The minimum atomic E-state index is -1.70. The number of hydrogen-bond acceptors (Lipinski definition) is 4. The molecule has 0 fully saturated rings. The molecule has 138 valence electrons. The first kappa shape index (κ1) is 18.2. The van der Waals surface area contributed by atoms with Crippen LogP contribution in [0.1, 0.15) is 10.4 Å². The smallest absolute Gasteiger partial charge is 0.258 e. The van der Waals surface area contributed by atoms with Crippen molar-refractivity contribution in [3.05, 3.63) is 77.7 Å². The first-order chi connectivity index (χ1) is 13.0. The fourth-order valence-corrected chi connectivity index (χ4v) is 2.22. The molecule has 5 nitrogen and oxygen atoms in total. The molecular weight excluding hydrogens is 359 g/mol. The summed E-state index contributed by atoms with van der Waals surface area (Å²) in [5.74, 6) is -4.69. The summed E-state index contributed by atoms with van der Waals surface area (Å²) in [7, 11) is 1.80. The molecule has 2 aromatic carbocycles. The Bertz CT molecular complexity index is 961. The lowest BCUT2D eigenvalue weighted by atomic mass is 10.2. The number of amides is 1. The molecule has 0 aliphatic heterocycles. The van der Waals surface area contributed by atoms with Gasteiger partial charge < -0.3 is 15.4 Å². The van der Waals surface area contributed by atoms with Crippen LogP contribution in [0.15, 0.2) is 54.7 Å². The highest BCUT2D eigenvalue weighted by Gasteiger charge is 2.19. The Morgan fingerprint density at radius 2 is 1.63 bits per heavy atom. The lowest BCUT2D eigenvalue weighted by molar-refractivity contribution is 0.102. The van der Waals surface area contributed by atoms with Crippen LogP contribution < -0.4 is 15.4 Å². The van der Waals surface area contributed by atoms with Gasteiger partial charge in [-0.3, -0.25) is 4.79 Å². The van der Waals surface area contributed by atoms with Crippen LogP contribution in [-0.4, -0.2) is 17.9 Å². The summed E-state index contributed by atoms with van der Waals surface area (Å²) in [6.07, 6.45) is 1.30. The predicted octanol–water partition coefficient (Wildman–Crippen LogP) is 4.59. The van der Waals surface area contributed by atoms with Gasteiger partial charge >= 0.3 is 0 Å². The van der Waals surface area contributed by atoms with Gasteiger partial charge in [0.15, 0.2) is 17.5 Å². The third-order valence-corrected chi connectivity index (χ3v) is 3.64. The number of benzene rings is 2. The number of halogens is 3. The highest BCUT2D eigenvalue weighted by molar-refractivity contribution is 6.04. The van der Waals surface area contributed by atoms with Gasteiger partial charge in [-0.1, -0.05) is 0 Å². The van der Waals surface area contributed by atoms with Gasteiger partial charge in [0.2, 0.25) is 5.88 Å². The molecule has 0 aliphatic carbocycles. The zero-order valence-corrected chi connectivity index (χ0v) is 14.1. The molecule has 0 unspecified atom stereocenters. The number of pyridine rings is 1. The molecule has 27 heavy (non-hydrogen) atoms. The van der Waals surface area contributed by atoms with Gasteiger partial charge in [0.1, 0.15) is 5.75 Å². The molecule has 3 rings (SSSR count). The van der Waals surface area contributed by atoms with E-state index < -0.39 is 28.9 Å². The highest BCUT2D eigenvalue weighted by atomic mass is 19.2. The van der Waals surface area contributed by atoms with Crippen molar-refractivity contribution in [2.24, 2.45) is 0 Å². The average Bonchev–Trinajstić information content (AvgIpc) is 2.68. The molecule has 3 aromatic rings. The van der Waals surface area contributed by atoms with E-state index in [1.807, 2.05) is 12.1 Å². The molecule has 0 spiro atoms. The summed E-state index contributed by atoms with van der Waals surface area (Å²) in [4.78, 5) is 16.1. The van der Waals surface area contributed by atoms with Gasteiger partial charge in [-0.15, -0.1) is 0 Å². The molecule has 0 bridgehead atoms. The van der Waals surface area contributed by atoms with E-state index in [1.54, 1.807) is 19.2 Å². The number of carbonyl (C=O) groups excluding carboxylic acids is 1. The van der Waals surface area contributed by atoms with E-state index in [9.17, 15) is 18.0 Å². The van der Waals surface area contributed by atoms with Crippen molar-refractivity contribution in [3.63, 3.8) is 0 Å². The molecular formula is C19H14F3N3O2. The summed E-state index contributed by atoms with van der Waals surface area (Å²) in [5, 5.41) is 5.34. The number of anilines is 2. The largest absolute Gasteiger partial charge is 0.439 e. The van der Waals surface area contributed by atoms with Crippen molar-refractivity contribution in [1.29, 1.82) is 0 Å². The standard InChI is InChI=1S/C19H14F3N3O2/c1-23-11-2-5-13(6-3-11)27-16-9-4-12(10-24-16)25-19(26)14-7-8-15(20)18(22)17(14)21/h2-10,23H,1H3,(H,25,26). The van der Waals surface area contributed by atoms with Gasteiger partial charge in [0.25, 0.3) is 5.91 Å². The van der Waals surface area contributed by atoms with Crippen LogP contribution in [0.5, 0.6) is 11.6 Å². The summed E-state index contributed by atoms with van der Waals surface area (Å²) >= 11 is 0. The van der Waals surface area contributed by atoms with Crippen LogP contribution >= 0.6 is 0 Å². The number of ether oxygens (including phenoxy) is 1. The van der Waals surface area contributed by atoms with E-state index in [-0.39, 0.29) is 11.6 Å². The van der Waals surface area contributed by atoms with Crippen LogP contribution in [0.3, 0.4) is 0 Å². The van der Waals surface area contributed by atoms with Crippen LogP contribution in [0.2, 0.25) is 0 Å². The topological polar surface area (TPSA) is 63.2 Å². The second-order valence-electron chi connectivity index (χ2n) is 5.44. The highest BCUT2D eigenvalue weighted by Crippen LogP contribution is 2.23. The van der Waals surface area contributed by atoms with E-state index in [1.165, 1.54) is 18.3 Å². The number of nitrogens with one attached hydrogen (secondary N) is 2. The SMILES string of the molecule is CNc1ccc(Oc2ccc(NC(=O)c3ccc(F)c(F)c3F)cn2)cc1. The number of nitrogens with zero attached hydrogens (tertiary/aromatic N) is 1. The second-order valence-corrected chi connectivity index (χ2v) is 5.44. The lowest BCUT2D eigenvalue weighted by Crippen LogP contribution is -2.15. The molecule has 0 saturated carbocycles. The minimum absolute atomic E-state index is 0.238. The summed E-state index contributed by atoms with van der Waals surface area (Å²) in [6, 6.07) is 11.7. The molecule has 0 aliphatic rings. The molecule has 0 radical (unpaired) electrons. The number of carbonyl (C=O) groups is 1. The van der Waals surface area contributed by atoms with Gasteiger partial charge in [-0.2, -0.15) is 0 Å². The summed E-state index contributed by atoms with van der Waals surface area (Å²) in [5.41, 5.74) is 0.554. The molecule has 1 heterocycles. The Hall–Kier alpha value is -3.55. The fourth-order valence-electron chi connectivity index (χ4n) is 2.22. The molecule has 0 saturated heterocycles. The van der Waals surface area contributed by atoms with Crippen molar-refractivity contribution < 1.29 is 22.7 Å². The van der Waals surface area contributed by atoms with Gasteiger partial charge in [0, 0.05) is 18.8 Å². The molecule has 2 N–H and O–H groups in total. The van der Waals surface area contributed by atoms with Crippen molar-refractivity contribution >= 4 is 17.3 Å². The van der Waals surface area contributed by atoms with Crippen molar-refractivity contribution in [1.82, 2.24) is 4.98 Å². The number of aromatic nitrogens is 1. The van der Waals surface area contributed by atoms with Gasteiger partial charge in [-0.25, -0.2) is 18.2 Å².